The Labute approximate surface area is 129 Å². The van der Waals surface area contributed by atoms with E-state index in [-0.39, 0.29) is 5.97 Å². The summed E-state index contributed by atoms with van der Waals surface area (Å²) >= 11 is 1.76. The number of benzene rings is 1. The fourth-order valence-electron chi connectivity index (χ4n) is 2.72. The molecule has 0 atom stereocenters. The van der Waals surface area contributed by atoms with Crippen molar-refractivity contribution in [1.82, 2.24) is 4.98 Å². The Balaban J connectivity index is 1.95. The van der Waals surface area contributed by atoms with Gasteiger partial charge in [0, 0.05) is 10.4 Å². The molecule has 0 spiro atoms. The summed E-state index contributed by atoms with van der Waals surface area (Å²) in [7, 11) is 1.40. The molecule has 0 amide bonds. The third-order valence-electron chi connectivity index (χ3n) is 3.99. The number of rotatable bonds is 2. The number of esters is 1. The monoisotopic (exact) mass is 301 g/mol. The topological polar surface area (TPSA) is 39.2 Å². The molecule has 0 bridgehead atoms. The number of methoxy groups -OCH3 is 1. The summed E-state index contributed by atoms with van der Waals surface area (Å²) in [5.74, 6) is -0.306. The highest BCUT2D eigenvalue weighted by Crippen LogP contribution is 2.39. The fourth-order valence-corrected chi connectivity index (χ4v) is 4.08. The van der Waals surface area contributed by atoms with Crippen molar-refractivity contribution in [1.29, 1.82) is 0 Å². The minimum atomic E-state index is -0.306. The number of fused-ring (bicyclic) bond motifs is 1. The Kier molecular flexibility index (Phi) is 3.57. The van der Waals surface area contributed by atoms with E-state index < -0.39 is 0 Å². The van der Waals surface area contributed by atoms with Gasteiger partial charge >= 0.3 is 5.97 Å². The summed E-state index contributed by atoms with van der Waals surface area (Å²) in [6.07, 6.45) is 3.33. The van der Waals surface area contributed by atoms with Crippen molar-refractivity contribution >= 4 is 17.3 Å². The molecule has 2 aromatic rings. The van der Waals surface area contributed by atoms with Crippen LogP contribution < -0.4 is 0 Å². The van der Waals surface area contributed by atoms with Gasteiger partial charge in [-0.1, -0.05) is 26.0 Å². The van der Waals surface area contributed by atoms with E-state index in [9.17, 15) is 4.79 Å². The molecule has 0 saturated carbocycles. The van der Waals surface area contributed by atoms with Gasteiger partial charge in [0.1, 0.15) is 5.01 Å². The second-order valence-electron chi connectivity index (χ2n) is 6.30. The molecule has 1 heterocycles. The van der Waals surface area contributed by atoms with Gasteiger partial charge in [-0.05, 0) is 36.8 Å². The van der Waals surface area contributed by atoms with E-state index in [4.69, 9.17) is 9.72 Å². The molecule has 0 saturated heterocycles. The highest BCUT2D eigenvalue weighted by molar-refractivity contribution is 7.15. The smallest absolute Gasteiger partial charge is 0.337 e. The van der Waals surface area contributed by atoms with Gasteiger partial charge in [0.25, 0.3) is 0 Å². The normalized spacial score (nSPS) is 16.3. The van der Waals surface area contributed by atoms with Crippen LogP contribution in [-0.4, -0.2) is 18.1 Å². The zero-order chi connectivity index (χ0) is 15.0. The number of aryl methyl sites for hydroxylation is 1. The van der Waals surface area contributed by atoms with Crippen molar-refractivity contribution in [3.05, 3.63) is 40.4 Å². The number of thiazole rings is 1. The molecule has 21 heavy (non-hydrogen) atoms. The predicted octanol–water partition coefficient (Wildman–Crippen LogP) is 4.11. The Morgan fingerprint density at radius 1 is 1.38 bits per heavy atom. The van der Waals surface area contributed by atoms with Gasteiger partial charge in [-0.25, -0.2) is 9.78 Å². The van der Waals surface area contributed by atoms with E-state index >= 15 is 0 Å². The predicted molar refractivity (Wildman–Crippen MR) is 84.7 cm³/mol. The number of carbonyl (C=O) groups is 1. The Morgan fingerprint density at radius 3 is 2.95 bits per heavy atom. The largest absolute Gasteiger partial charge is 0.465 e. The Hall–Kier alpha value is -1.68. The summed E-state index contributed by atoms with van der Waals surface area (Å²) in [6.45, 7) is 4.63. The highest BCUT2D eigenvalue weighted by atomic mass is 32.1. The third-order valence-corrected chi connectivity index (χ3v) is 5.13. The molecular formula is C17H19NO2S. The zero-order valence-electron chi connectivity index (χ0n) is 12.6. The van der Waals surface area contributed by atoms with Crippen molar-refractivity contribution in [2.24, 2.45) is 5.41 Å². The molecular weight excluding hydrogens is 282 g/mol. The van der Waals surface area contributed by atoms with Crippen LogP contribution >= 0.6 is 11.3 Å². The third kappa shape index (κ3) is 2.86. The van der Waals surface area contributed by atoms with Crippen LogP contribution in [0.15, 0.2) is 24.3 Å². The van der Waals surface area contributed by atoms with E-state index in [1.54, 1.807) is 17.4 Å². The second kappa shape index (κ2) is 5.26. The summed E-state index contributed by atoms with van der Waals surface area (Å²) in [4.78, 5) is 17.8. The van der Waals surface area contributed by atoms with Crippen LogP contribution in [0.4, 0.5) is 0 Å². The maximum absolute atomic E-state index is 11.6. The van der Waals surface area contributed by atoms with Crippen molar-refractivity contribution in [2.75, 3.05) is 7.11 Å². The Morgan fingerprint density at radius 2 is 2.19 bits per heavy atom. The second-order valence-corrected chi connectivity index (χ2v) is 7.39. The van der Waals surface area contributed by atoms with Crippen LogP contribution in [0.3, 0.4) is 0 Å². The molecule has 110 valence electrons. The standard InChI is InChI=1S/C17H19NO2S/c1-17(2)8-7-13-14(10-17)21-15(18-13)11-5-4-6-12(9-11)16(19)20-3/h4-6,9H,7-8,10H2,1-3H3. The van der Waals surface area contributed by atoms with Crippen LogP contribution in [0.25, 0.3) is 10.6 Å². The first-order chi connectivity index (χ1) is 9.98. The number of nitrogens with zero attached hydrogens (tertiary/aromatic N) is 1. The molecule has 0 unspecified atom stereocenters. The van der Waals surface area contributed by atoms with E-state index in [2.05, 4.69) is 13.8 Å². The van der Waals surface area contributed by atoms with Gasteiger partial charge in [-0.2, -0.15) is 0 Å². The van der Waals surface area contributed by atoms with Crippen molar-refractivity contribution in [2.45, 2.75) is 33.1 Å². The molecule has 3 rings (SSSR count). The average Bonchev–Trinajstić information content (AvgIpc) is 2.88. The molecule has 1 aromatic heterocycles. The van der Waals surface area contributed by atoms with Gasteiger partial charge in [-0.3, -0.25) is 0 Å². The van der Waals surface area contributed by atoms with Crippen LogP contribution in [0.5, 0.6) is 0 Å². The number of aromatic nitrogens is 1. The van der Waals surface area contributed by atoms with Crippen molar-refractivity contribution in [3.8, 4) is 10.6 Å². The van der Waals surface area contributed by atoms with E-state index in [1.165, 1.54) is 24.1 Å². The van der Waals surface area contributed by atoms with Gasteiger partial charge < -0.3 is 4.74 Å². The molecule has 0 fully saturated rings. The molecule has 1 aliphatic carbocycles. The van der Waals surface area contributed by atoms with Gasteiger partial charge in [0.2, 0.25) is 0 Å². The first kappa shape index (κ1) is 14.3. The van der Waals surface area contributed by atoms with Crippen LogP contribution in [0.1, 0.15) is 41.2 Å². The first-order valence-electron chi connectivity index (χ1n) is 7.16. The fraction of sp³-hybridized carbons (Fsp3) is 0.412. The maximum Gasteiger partial charge on any atom is 0.337 e. The number of ether oxygens (including phenoxy) is 1. The van der Waals surface area contributed by atoms with Gasteiger partial charge in [0.05, 0.1) is 18.4 Å². The average molecular weight is 301 g/mol. The van der Waals surface area contributed by atoms with E-state index in [0.717, 1.165) is 23.4 Å². The molecule has 3 nitrogen and oxygen atoms in total. The zero-order valence-corrected chi connectivity index (χ0v) is 13.4. The highest BCUT2D eigenvalue weighted by Gasteiger charge is 2.28. The maximum atomic E-state index is 11.6. The molecule has 1 aromatic carbocycles. The minimum Gasteiger partial charge on any atom is -0.465 e. The number of carbonyl (C=O) groups excluding carboxylic acids is 1. The molecule has 0 aliphatic heterocycles. The lowest BCUT2D eigenvalue weighted by Crippen LogP contribution is -2.20. The molecule has 0 radical (unpaired) electrons. The quantitative estimate of drug-likeness (QED) is 0.784. The molecule has 0 N–H and O–H groups in total. The van der Waals surface area contributed by atoms with Crippen LogP contribution in [0.2, 0.25) is 0 Å². The van der Waals surface area contributed by atoms with Crippen LogP contribution in [-0.2, 0) is 17.6 Å². The van der Waals surface area contributed by atoms with Crippen molar-refractivity contribution < 1.29 is 9.53 Å². The van der Waals surface area contributed by atoms with Crippen molar-refractivity contribution in [3.63, 3.8) is 0 Å². The lowest BCUT2D eigenvalue weighted by Gasteiger charge is -2.28. The molecule has 1 aliphatic rings. The molecule has 4 heteroatoms. The summed E-state index contributed by atoms with van der Waals surface area (Å²) in [5, 5.41) is 1.00. The van der Waals surface area contributed by atoms with E-state index in [0.29, 0.717) is 11.0 Å². The summed E-state index contributed by atoms with van der Waals surface area (Å²) in [6, 6.07) is 7.51. The minimum absolute atomic E-state index is 0.306. The van der Waals surface area contributed by atoms with Gasteiger partial charge in [-0.15, -0.1) is 11.3 Å². The summed E-state index contributed by atoms with van der Waals surface area (Å²) in [5.41, 5.74) is 3.17. The van der Waals surface area contributed by atoms with E-state index in [1.807, 2.05) is 18.2 Å². The SMILES string of the molecule is COC(=O)c1cccc(-c2nc3c(s2)CC(C)(C)CC3)c1. The van der Waals surface area contributed by atoms with Gasteiger partial charge in [0.15, 0.2) is 0 Å². The lowest BCUT2D eigenvalue weighted by atomic mass is 9.79. The Bertz CT molecular complexity index is 688. The number of hydrogen-bond donors (Lipinski definition) is 0. The lowest BCUT2D eigenvalue weighted by molar-refractivity contribution is 0.0601. The number of hydrogen-bond acceptors (Lipinski definition) is 4. The first-order valence-corrected chi connectivity index (χ1v) is 7.97. The van der Waals surface area contributed by atoms with Crippen LogP contribution in [0, 0.1) is 5.41 Å². The summed E-state index contributed by atoms with van der Waals surface area (Å²) < 4.78 is 4.78.